The standard InChI is InChI=1S/C15H20N2O2/c1-13(15(18)14-7-4-3-5-8-14)17(10-6-9-16)11-12-19-2/h3-5,7-8,13H,6,10-12H2,1-2H3. The summed E-state index contributed by atoms with van der Waals surface area (Å²) in [6.07, 6.45) is 0.413. The van der Waals surface area contributed by atoms with Crippen LogP contribution in [0, 0.1) is 11.3 Å². The molecule has 1 unspecified atom stereocenters. The number of rotatable bonds is 8. The van der Waals surface area contributed by atoms with Crippen LogP contribution >= 0.6 is 0 Å². The van der Waals surface area contributed by atoms with E-state index in [-0.39, 0.29) is 11.8 Å². The number of nitrogens with zero attached hydrogens (tertiary/aromatic N) is 2. The van der Waals surface area contributed by atoms with Crippen LogP contribution in [0.4, 0.5) is 0 Å². The van der Waals surface area contributed by atoms with Gasteiger partial charge in [-0.3, -0.25) is 9.69 Å². The molecule has 102 valence electrons. The molecule has 1 rings (SSSR count). The van der Waals surface area contributed by atoms with Gasteiger partial charge in [-0.1, -0.05) is 30.3 Å². The third-order valence-corrected chi connectivity index (χ3v) is 3.08. The van der Waals surface area contributed by atoms with Gasteiger partial charge in [-0.25, -0.2) is 0 Å². The van der Waals surface area contributed by atoms with Gasteiger partial charge in [0.25, 0.3) is 0 Å². The Balaban J connectivity index is 2.72. The van der Waals surface area contributed by atoms with Gasteiger partial charge in [0.1, 0.15) is 0 Å². The lowest BCUT2D eigenvalue weighted by atomic mass is 10.0. The topological polar surface area (TPSA) is 53.3 Å². The zero-order chi connectivity index (χ0) is 14.1. The maximum atomic E-state index is 12.3. The van der Waals surface area contributed by atoms with E-state index in [0.29, 0.717) is 31.7 Å². The van der Waals surface area contributed by atoms with Crippen LogP contribution in [0.2, 0.25) is 0 Å². The second-order valence-corrected chi connectivity index (χ2v) is 4.34. The summed E-state index contributed by atoms with van der Waals surface area (Å²) in [5, 5.41) is 8.69. The van der Waals surface area contributed by atoms with E-state index in [0.717, 1.165) is 0 Å². The van der Waals surface area contributed by atoms with Gasteiger partial charge in [-0.2, -0.15) is 5.26 Å². The van der Waals surface area contributed by atoms with Gasteiger partial charge in [-0.15, -0.1) is 0 Å². The van der Waals surface area contributed by atoms with Gasteiger partial charge >= 0.3 is 0 Å². The molecule has 0 bridgehead atoms. The maximum absolute atomic E-state index is 12.3. The first-order valence-electron chi connectivity index (χ1n) is 6.40. The lowest BCUT2D eigenvalue weighted by Gasteiger charge is -2.27. The molecule has 0 saturated carbocycles. The summed E-state index contributed by atoms with van der Waals surface area (Å²) in [6.45, 7) is 3.66. The van der Waals surface area contributed by atoms with Crippen LogP contribution in [0.3, 0.4) is 0 Å². The highest BCUT2D eigenvalue weighted by Crippen LogP contribution is 2.09. The summed E-state index contributed by atoms with van der Waals surface area (Å²) in [5.41, 5.74) is 0.703. The van der Waals surface area contributed by atoms with Crippen LogP contribution in [0.5, 0.6) is 0 Å². The molecule has 0 aliphatic carbocycles. The molecule has 0 fully saturated rings. The molecule has 19 heavy (non-hydrogen) atoms. The predicted octanol–water partition coefficient (Wildman–Crippen LogP) is 2.12. The van der Waals surface area contributed by atoms with Crippen LogP contribution in [0.1, 0.15) is 23.7 Å². The molecule has 0 aromatic heterocycles. The van der Waals surface area contributed by atoms with Crippen LogP contribution in [0.15, 0.2) is 30.3 Å². The number of carbonyl (C=O) groups is 1. The number of ether oxygens (including phenoxy) is 1. The molecule has 0 aliphatic rings. The monoisotopic (exact) mass is 260 g/mol. The summed E-state index contributed by atoms with van der Waals surface area (Å²) in [5.74, 6) is 0.0784. The first kappa shape index (κ1) is 15.4. The van der Waals surface area contributed by atoms with Gasteiger partial charge in [0.2, 0.25) is 0 Å². The number of methoxy groups -OCH3 is 1. The number of ketones is 1. The normalized spacial score (nSPS) is 12.1. The molecule has 0 amide bonds. The van der Waals surface area contributed by atoms with E-state index in [9.17, 15) is 4.79 Å². The highest BCUT2D eigenvalue weighted by atomic mass is 16.5. The fourth-order valence-corrected chi connectivity index (χ4v) is 1.91. The molecular weight excluding hydrogens is 240 g/mol. The van der Waals surface area contributed by atoms with Crippen molar-refractivity contribution in [1.82, 2.24) is 4.90 Å². The van der Waals surface area contributed by atoms with Crippen molar-refractivity contribution in [1.29, 1.82) is 5.26 Å². The van der Waals surface area contributed by atoms with Crippen molar-refractivity contribution in [3.8, 4) is 6.07 Å². The van der Waals surface area contributed by atoms with Crippen molar-refractivity contribution in [3.05, 3.63) is 35.9 Å². The number of Topliss-reactive ketones (excluding diaryl/α,β-unsaturated/α-hetero) is 1. The summed E-state index contributed by atoms with van der Waals surface area (Å²) in [4.78, 5) is 14.3. The molecule has 1 aromatic carbocycles. The average molecular weight is 260 g/mol. The number of hydrogen-bond donors (Lipinski definition) is 0. The molecule has 1 atom stereocenters. The first-order chi connectivity index (χ1) is 9.20. The van der Waals surface area contributed by atoms with E-state index in [1.807, 2.05) is 42.2 Å². The van der Waals surface area contributed by atoms with Crippen molar-refractivity contribution in [2.75, 3.05) is 26.8 Å². The average Bonchev–Trinajstić information content (AvgIpc) is 2.47. The molecule has 0 saturated heterocycles. The Kier molecular flexibility index (Phi) is 6.80. The Morgan fingerprint density at radius 2 is 2.05 bits per heavy atom. The lowest BCUT2D eigenvalue weighted by Crippen LogP contribution is -2.41. The van der Waals surface area contributed by atoms with Gasteiger partial charge in [0.05, 0.1) is 18.7 Å². The largest absolute Gasteiger partial charge is 0.383 e. The summed E-state index contributed by atoms with van der Waals surface area (Å²) < 4.78 is 5.05. The molecule has 0 N–H and O–H groups in total. The minimum Gasteiger partial charge on any atom is -0.383 e. The second-order valence-electron chi connectivity index (χ2n) is 4.34. The zero-order valence-corrected chi connectivity index (χ0v) is 11.5. The highest BCUT2D eigenvalue weighted by Gasteiger charge is 2.21. The summed E-state index contributed by atoms with van der Waals surface area (Å²) >= 11 is 0. The minimum absolute atomic E-state index is 0.0784. The second kappa shape index (κ2) is 8.41. The van der Waals surface area contributed by atoms with E-state index in [4.69, 9.17) is 10.00 Å². The number of benzene rings is 1. The van der Waals surface area contributed by atoms with Gasteiger partial charge in [0, 0.05) is 32.2 Å². The van der Waals surface area contributed by atoms with E-state index in [1.165, 1.54) is 0 Å². The summed E-state index contributed by atoms with van der Waals surface area (Å²) in [7, 11) is 1.63. The van der Waals surface area contributed by atoms with Crippen molar-refractivity contribution >= 4 is 5.78 Å². The number of carbonyl (C=O) groups excluding carboxylic acids is 1. The Labute approximate surface area is 114 Å². The molecule has 0 aliphatic heterocycles. The van der Waals surface area contributed by atoms with Gasteiger partial charge in [0.15, 0.2) is 5.78 Å². The van der Waals surface area contributed by atoms with Gasteiger partial charge in [-0.05, 0) is 6.92 Å². The fraction of sp³-hybridized carbons (Fsp3) is 0.467. The van der Waals surface area contributed by atoms with Crippen molar-refractivity contribution in [3.63, 3.8) is 0 Å². The number of hydrogen-bond acceptors (Lipinski definition) is 4. The Morgan fingerprint density at radius 1 is 1.37 bits per heavy atom. The van der Waals surface area contributed by atoms with Crippen molar-refractivity contribution in [2.45, 2.75) is 19.4 Å². The van der Waals surface area contributed by atoms with Crippen molar-refractivity contribution in [2.24, 2.45) is 0 Å². The predicted molar refractivity (Wildman–Crippen MR) is 73.9 cm³/mol. The quantitative estimate of drug-likeness (QED) is 0.672. The highest BCUT2D eigenvalue weighted by molar-refractivity contribution is 5.99. The Hall–Kier alpha value is -1.70. The molecule has 4 nitrogen and oxygen atoms in total. The molecule has 1 aromatic rings. The first-order valence-corrected chi connectivity index (χ1v) is 6.40. The Bertz CT molecular complexity index is 426. The van der Waals surface area contributed by atoms with E-state index >= 15 is 0 Å². The van der Waals surface area contributed by atoms with Crippen LogP contribution in [-0.4, -0.2) is 43.5 Å². The van der Waals surface area contributed by atoms with Crippen molar-refractivity contribution < 1.29 is 9.53 Å². The Morgan fingerprint density at radius 3 is 2.63 bits per heavy atom. The van der Waals surface area contributed by atoms with E-state index in [2.05, 4.69) is 6.07 Å². The van der Waals surface area contributed by atoms with Crippen LogP contribution in [0.25, 0.3) is 0 Å². The SMILES string of the molecule is COCCN(CCC#N)C(C)C(=O)c1ccccc1. The summed E-state index contributed by atoms with van der Waals surface area (Å²) in [6, 6.07) is 11.1. The lowest BCUT2D eigenvalue weighted by molar-refractivity contribution is 0.0781. The zero-order valence-electron chi connectivity index (χ0n) is 11.5. The molecular formula is C15H20N2O2. The third-order valence-electron chi connectivity index (χ3n) is 3.08. The smallest absolute Gasteiger partial charge is 0.179 e. The van der Waals surface area contributed by atoms with E-state index in [1.54, 1.807) is 7.11 Å². The minimum atomic E-state index is -0.245. The third kappa shape index (κ3) is 4.82. The van der Waals surface area contributed by atoms with Crippen LogP contribution in [-0.2, 0) is 4.74 Å². The van der Waals surface area contributed by atoms with Crippen LogP contribution < -0.4 is 0 Å². The molecule has 0 heterocycles. The van der Waals surface area contributed by atoms with Gasteiger partial charge < -0.3 is 4.74 Å². The molecule has 0 spiro atoms. The molecule has 0 radical (unpaired) electrons. The number of nitriles is 1. The maximum Gasteiger partial charge on any atom is 0.179 e. The van der Waals surface area contributed by atoms with E-state index < -0.39 is 0 Å². The molecule has 4 heteroatoms. The fourth-order valence-electron chi connectivity index (χ4n) is 1.91.